The lowest BCUT2D eigenvalue weighted by atomic mass is 10.1. The molecule has 2 aromatic rings. The highest BCUT2D eigenvalue weighted by atomic mass is 35.5. The number of benzene rings is 2. The van der Waals surface area contributed by atoms with E-state index in [4.69, 9.17) is 16.3 Å². The van der Waals surface area contributed by atoms with Gasteiger partial charge in [0.15, 0.2) is 6.61 Å². The van der Waals surface area contributed by atoms with Crippen molar-refractivity contribution < 1.29 is 14.5 Å². The number of aryl methyl sites for hydroxylation is 1. The highest BCUT2D eigenvalue weighted by Gasteiger charge is 2.13. The molecule has 0 unspecified atom stereocenters. The van der Waals surface area contributed by atoms with E-state index in [2.05, 4.69) is 5.32 Å². The molecular formula is C18H19ClN2O4. The van der Waals surface area contributed by atoms with E-state index in [1.54, 1.807) is 0 Å². The lowest BCUT2D eigenvalue weighted by molar-refractivity contribution is -0.384. The third-order valence-corrected chi connectivity index (χ3v) is 3.90. The highest BCUT2D eigenvalue weighted by molar-refractivity contribution is 6.32. The quantitative estimate of drug-likeness (QED) is 0.572. The van der Waals surface area contributed by atoms with E-state index >= 15 is 0 Å². The molecule has 0 saturated carbocycles. The Hall–Kier alpha value is -2.60. The molecule has 0 bridgehead atoms. The highest BCUT2D eigenvalue weighted by Crippen LogP contribution is 2.28. The van der Waals surface area contributed by atoms with Gasteiger partial charge in [0.1, 0.15) is 5.75 Å². The summed E-state index contributed by atoms with van der Waals surface area (Å²) in [6.45, 7) is 1.73. The van der Waals surface area contributed by atoms with Crippen LogP contribution in [0, 0.1) is 10.1 Å². The largest absolute Gasteiger partial charge is 0.482 e. The first-order valence-corrected chi connectivity index (χ1v) is 8.23. The second-order valence-electron chi connectivity index (χ2n) is 5.65. The number of carbonyl (C=O) groups is 1. The van der Waals surface area contributed by atoms with E-state index in [0.717, 1.165) is 12.8 Å². The summed E-state index contributed by atoms with van der Waals surface area (Å²) < 4.78 is 5.33. The fourth-order valence-corrected chi connectivity index (χ4v) is 2.51. The van der Waals surface area contributed by atoms with Gasteiger partial charge in [-0.05, 0) is 31.4 Å². The fourth-order valence-electron chi connectivity index (χ4n) is 2.28. The summed E-state index contributed by atoms with van der Waals surface area (Å²) in [5, 5.41) is 13.6. The van der Waals surface area contributed by atoms with Crippen LogP contribution >= 0.6 is 11.6 Å². The van der Waals surface area contributed by atoms with Crippen molar-refractivity contribution in [2.75, 3.05) is 6.61 Å². The number of rotatable bonds is 8. The van der Waals surface area contributed by atoms with Crippen LogP contribution in [0.25, 0.3) is 0 Å². The molecule has 0 fully saturated rings. The average Bonchev–Trinajstić information content (AvgIpc) is 2.59. The Kier molecular flexibility index (Phi) is 6.77. The predicted molar refractivity (Wildman–Crippen MR) is 96.0 cm³/mol. The Bertz CT molecular complexity index is 737. The molecular weight excluding hydrogens is 344 g/mol. The topological polar surface area (TPSA) is 81.5 Å². The first kappa shape index (κ1) is 18.7. The SMILES string of the molecule is C[C@@H](CCc1ccccc1)NC(=O)COc1ccc([N+](=O)[O-])cc1Cl. The zero-order chi connectivity index (χ0) is 18.2. The normalized spacial score (nSPS) is 11.6. The number of halogens is 1. The summed E-state index contributed by atoms with van der Waals surface area (Å²) in [7, 11) is 0. The number of hydrogen-bond acceptors (Lipinski definition) is 4. The van der Waals surface area contributed by atoms with Gasteiger partial charge in [-0.25, -0.2) is 0 Å². The van der Waals surface area contributed by atoms with Crippen molar-refractivity contribution >= 4 is 23.2 Å². The van der Waals surface area contributed by atoms with Crippen LogP contribution in [0.2, 0.25) is 5.02 Å². The Morgan fingerprint density at radius 3 is 2.64 bits per heavy atom. The van der Waals surface area contributed by atoms with Crippen molar-refractivity contribution in [1.82, 2.24) is 5.32 Å². The molecule has 0 spiro atoms. The molecule has 0 aliphatic heterocycles. The van der Waals surface area contributed by atoms with E-state index in [9.17, 15) is 14.9 Å². The van der Waals surface area contributed by atoms with Gasteiger partial charge in [-0.3, -0.25) is 14.9 Å². The summed E-state index contributed by atoms with van der Waals surface area (Å²) in [6.07, 6.45) is 1.69. The molecule has 7 heteroatoms. The molecule has 0 saturated heterocycles. The van der Waals surface area contributed by atoms with Gasteiger partial charge in [-0.1, -0.05) is 41.9 Å². The van der Waals surface area contributed by atoms with Gasteiger partial charge in [0.05, 0.1) is 9.95 Å². The van der Waals surface area contributed by atoms with Gasteiger partial charge in [0.25, 0.3) is 11.6 Å². The summed E-state index contributed by atoms with van der Waals surface area (Å²) in [6, 6.07) is 13.9. The number of carbonyl (C=O) groups excluding carboxylic acids is 1. The van der Waals surface area contributed by atoms with Crippen molar-refractivity contribution in [3.05, 3.63) is 69.2 Å². The Balaban J connectivity index is 1.77. The minimum atomic E-state index is -0.545. The van der Waals surface area contributed by atoms with Crippen LogP contribution in [0.1, 0.15) is 18.9 Å². The maximum atomic E-state index is 11.9. The van der Waals surface area contributed by atoms with Crippen molar-refractivity contribution in [3.8, 4) is 5.75 Å². The van der Waals surface area contributed by atoms with E-state index < -0.39 is 4.92 Å². The molecule has 25 heavy (non-hydrogen) atoms. The Labute approximate surface area is 150 Å². The zero-order valence-corrected chi connectivity index (χ0v) is 14.5. The van der Waals surface area contributed by atoms with E-state index in [1.807, 2.05) is 37.3 Å². The summed E-state index contributed by atoms with van der Waals surface area (Å²) in [4.78, 5) is 22.1. The van der Waals surface area contributed by atoms with Crippen LogP contribution in [0.3, 0.4) is 0 Å². The third kappa shape index (κ3) is 6.08. The number of hydrogen-bond donors (Lipinski definition) is 1. The lowest BCUT2D eigenvalue weighted by Crippen LogP contribution is -2.36. The molecule has 0 aliphatic rings. The number of nitro groups is 1. The number of ether oxygens (including phenoxy) is 1. The summed E-state index contributed by atoms with van der Waals surface area (Å²) in [5.74, 6) is -0.0330. The maximum Gasteiger partial charge on any atom is 0.271 e. The van der Waals surface area contributed by atoms with E-state index in [-0.39, 0.29) is 35.0 Å². The molecule has 0 aromatic heterocycles. The molecule has 1 atom stereocenters. The monoisotopic (exact) mass is 362 g/mol. The van der Waals surface area contributed by atoms with Crippen molar-refractivity contribution in [3.63, 3.8) is 0 Å². The molecule has 1 amide bonds. The minimum Gasteiger partial charge on any atom is -0.482 e. The summed E-state index contributed by atoms with van der Waals surface area (Å²) in [5.41, 5.74) is 1.09. The maximum absolute atomic E-state index is 11.9. The first-order valence-electron chi connectivity index (χ1n) is 7.85. The van der Waals surface area contributed by atoms with Crippen LogP contribution < -0.4 is 10.1 Å². The molecule has 2 rings (SSSR count). The molecule has 132 valence electrons. The second-order valence-corrected chi connectivity index (χ2v) is 6.06. The van der Waals surface area contributed by atoms with Crippen LogP contribution in [-0.4, -0.2) is 23.5 Å². The Morgan fingerprint density at radius 1 is 1.28 bits per heavy atom. The number of amides is 1. The number of nitrogens with one attached hydrogen (secondary N) is 1. The van der Waals surface area contributed by atoms with Gasteiger partial charge in [0.2, 0.25) is 0 Å². The van der Waals surface area contributed by atoms with E-state index in [0.29, 0.717) is 0 Å². The third-order valence-electron chi connectivity index (χ3n) is 3.60. The van der Waals surface area contributed by atoms with Gasteiger partial charge in [-0.15, -0.1) is 0 Å². The fraction of sp³-hybridized carbons (Fsp3) is 0.278. The van der Waals surface area contributed by atoms with Crippen LogP contribution in [-0.2, 0) is 11.2 Å². The van der Waals surface area contributed by atoms with Crippen LogP contribution in [0.4, 0.5) is 5.69 Å². The summed E-state index contributed by atoms with van der Waals surface area (Å²) >= 11 is 5.92. The predicted octanol–water partition coefficient (Wildman–Crippen LogP) is 3.76. The Morgan fingerprint density at radius 2 is 2.00 bits per heavy atom. The van der Waals surface area contributed by atoms with Gasteiger partial charge < -0.3 is 10.1 Å². The first-order chi connectivity index (χ1) is 12.0. The zero-order valence-electron chi connectivity index (χ0n) is 13.8. The molecule has 1 N–H and O–H groups in total. The van der Waals surface area contributed by atoms with Crippen molar-refractivity contribution in [2.24, 2.45) is 0 Å². The smallest absolute Gasteiger partial charge is 0.271 e. The molecule has 0 aliphatic carbocycles. The van der Waals surface area contributed by atoms with Crippen molar-refractivity contribution in [1.29, 1.82) is 0 Å². The van der Waals surface area contributed by atoms with Crippen LogP contribution in [0.5, 0.6) is 5.75 Å². The molecule has 0 heterocycles. The number of nitro benzene ring substituents is 1. The van der Waals surface area contributed by atoms with Gasteiger partial charge in [0, 0.05) is 18.2 Å². The molecule has 6 nitrogen and oxygen atoms in total. The van der Waals surface area contributed by atoms with Gasteiger partial charge in [-0.2, -0.15) is 0 Å². The van der Waals surface area contributed by atoms with Crippen molar-refractivity contribution in [2.45, 2.75) is 25.8 Å². The number of nitrogens with zero attached hydrogens (tertiary/aromatic N) is 1. The minimum absolute atomic E-state index is 0.00337. The van der Waals surface area contributed by atoms with Gasteiger partial charge >= 0.3 is 0 Å². The standard InChI is InChI=1S/C18H19ClN2O4/c1-13(7-8-14-5-3-2-4-6-14)20-18(22)12-25-17-10-9-15(21(23)24)11-16(17)19/h2-6,9-11,13H,7-8,12H2,1H3,(H,20,22)/t13-/m0/s1. The average molecular weight is 363 g/mol. The van der Waals surface area contributed by atoms with E-state index in [1.165, 1.54) is 23.8 Å². The van der Waals surface area contributed by atoms with Crippen LogP contribution in [0.15, 0.2) is 48.5 Å². The lowest BCUT2D eigenvalue weighted by Gasteiger charge is -2.14. The molecule has 0 radical (unpaired) electrons. The number of non-ortho nitro benzene ring substituents is 1. The molecule has 2 aromatic carbocycles. The second kappa shape index (κ2) is 9.03.